The van der Waals surface area contributed by atoms with Crippen molar-refractivity contribution in [3.8, 4) is 11.4 Å². The summed E-state index contributed by atoms with van der Waals surface area (Å²) in [5.74, 6) is 1.44. The standard InChI is InChI=1S/C20H25N5/c1-14(2)15-8-11-25-18(13-22-20(25)12-15)17-4-3-5-19(24-17)23-16-6-9-21-10-7-16/h3-5,8,11-14,16,21H,6-7,9-10H2,1-2H3,(H,23,24). The number of imidazole rings is 1. The van der Waals surface area contributed by atoms with Crippen molar-refractivity contribution in [1.29, 1.82) is 0 Å². The van der Waals surface area contributed by atoms with Crippen LogP contribution in [0.15, 0.2) is 42.7 Å². The third kappa shape index (κ3) is 3.37. The van der Waals surface area contributed by atoms with E-state index in [9.17, 15) is 0 Å². The first-order valence-electron chi connectivity index (χ1n) is 9.12. The van der Waals surface area contributed by atoms with Gasteiger partial charge in [0.25, 0.3) is 0 Å². The minimum Gasteiger partial charge on any atom is -0.367 e. The van der Waals surface area contributed by atoms with Crippen molar-refractivity contribution >= 4 is 11.5 Å². The molecule has 4 rings (SSSR count). The molecule has 0 atom stereocenters. The first kappa shape index (κ1) is 16.1. The molecule has 1 fully saturated rings. The number of aromatic nitrogens is 3. The van der Waals surface area contributed by atoms with Crippen LogP contribution in [-0.2, 0) is 0 Å². The Labute approximate surface area is 148 Å². The second-order valence-corrected chi connectivity index (χ2v) is 7.06. The van der Waals surface area contributed by atoms with E-state index in [4.69, 9.17) is 4.98 Å². The quantitative estimate of drug-likeness (QED) is 0.763. The lowest BCUT2D eigenvalue weighted by molar-refractivity contribution is 0.478. The zero-order chi connectivity index (χ0) is 17.2. The average Bonchev–Trinajstić information content (AvgIpc) is 3.06. The van der Waals surface area contributed by atoms with Gasteiger partial charge in [-0.15, -0.1) is 0 Å². The highest BCUT2D eigenvalue weighted by atomic mass is 15.1. The Morgan fingerprint density at radius 2 is 2.04 bits per heavy atom. The Hall–Kier alpha value is -2.40. The molecule has 5 heteroatoms. The number of rotatable bonds is 4. The molecule has 0 aromatic carbocycles. The minimum atomic E-state index is 0.500. The van der Waals surface area contributed by atoms with Gasteiger partial charge in [-0.25, -0.2) is 9.97 Å². The molecule has 1 aliphatic heterocycles. The Balaban J connectivity index is 1.63. The van der Waals surface area contributed by atoms with Crippen LogP contribution >= 0.6 is 0 Å². The van der Waals surface area contributed by atoms with Crippen molar-refractivity contribution in [2.75, 3.05) is 18.4 Å². The summed E-state index contributed by atoms with van der Waals surface area (Å²) in [5, 5.41) is 6.97. The van der Waals surface area contributed by atoms with Crippen molar-refractivity contribution in [2.45, 2.75) is 38.6 Å². The van der Waals surface area contributed by atoms with Crippen molar-refractivity contribution < 1.29 is 0 Å². The van der Waals surface area contributed by atoms with E-state index in [0.717, 1.165) is 48.8 Å². The predicted octanol–water partition coefficient (Wildman–Crippen LogP) is 3.68. The van der Waals surface area contributed by atoms with Gasteiger partial charge in [0.15, 0.2) is 0 Å². The van der Waals surface area contributed by atoms with Crippen LogP contribution in [0.4, 0.5) is 5.82 Å². The van der Waals surface area contributed by atoms with Gasteiger partial charge in [-0.3, -0.25) is 4.40 Å². The Morgan fingerprint density at radius 1 is 1.20 bits per heavy atom. The number of nitrogens with zero attached hydrogens (tertiary/aromatic N) is 3. The van der Waals surface area contributed by atoms with Crippen LogP contribution in [0, 0.1) is 0 Å². The van der Waals surface area contributed by atoms with Crippen LogP contribution in [0.25, 0.3) is 17.0 Å². The molecule has 0 saturated carbocycles. The average molecular weight is 335 g/mol. The topological polar surface area (TPSA) is 54.2 Å². The van der Waals surface area contributed by atoms with E-state index in [-0.39, 0.29) is 0 Å². The van der Waals surface area contributed by atoms with Gasteiger partial charge in [-0.05, 0) is 61.7 Å². The maximum atomic E-state index is 4.82. The maximum Gasteiger partial charge on any atom is 0.137 e. The molecule has 3 aromatic rings. The summed E-state index contributed by atoms with van der Waals surface area (Å²) in [4.78, 5) is 9.40. The van der Waals surface area contributed by atoms with Gasteiger partial charge < -0.3 is 10.6 Å². The summed E-state index contributed by atoms with van der Waals surface area (Å²) in [6.45, 7) is 6.55. The third-order valence-electron chi connectivity index (χ3n) is 4.91. The molecule has 0 amide bonds. The first-order valence-corrected chi connectivity index (χ1v) is 9.12. The number of piperidine rings is 1. The van der Waals surface area contributed by atoms with Crippen molar-refractivity contribution in [3.05, 3.63) is 48.3 Å². The number of hydrogen-bond donors (Lipinski definition) is 2. The van der Waals surface area contributed by atoms with Crippen molar-refractivity contribution in [2.24, 2.45) is 0 Å². The smallest absolute Gasteiger partial charge is 0.137 e. The number of pyridine rings is 2. The van der Waals surface area contributed by atoms with Gasteiger partial charge in [0.05, 0.1) is 17.6 Å². The van der Waals surface area contributed by atoms with E-state index in [1.54, 1.807) is 0 Å². The van der Waals surface area contributed by atoms with Crippen LogP contribution < -0.4 is 10.6 Å². The minimum absolute atomic E-state index is 0.500. The van der Waals surface area contributed by atoms with E-state index in [2.05, 4.69) is 58.3 Å². The normalized spacial score (nSPS) is 15.8. The molecule has 2 N–H and O–H groups in total. The number of anilines is 1. The number of nitrogens with one attached hydrogen (secondary N) is 2. The summed E-state index contributed by atoms with van der Waals surface area (Å²) >= 11 is 0. The van der Waals surface area contributed by atoms with E-state index in [1.807, 2.05) is 18.3 Å². The van der Waals surface area contributed by atoms with Crippen LogP contribution in [0.2, 0.25) is 0 Å². The first-order chi connectivity index (χ1) is 12.2. The molecule has 0 radical (unpaired) electrons. The van der Waals surface area contributed by atoms with Crippen LogP contribution in [0.5, 0.6) is 0 Å². The molecule has 0 bridgehead atoms. The maximum absolute atomic E-state index is 4.82. The molecular weight excluding hydrogens is 310 g/mol. The fourth-order valence-corrected chi connectivity index (χ4v) is 3.38. The van der Waals surface area contributed by atoms with Gasteiger partial charge in [-0.1, -0.05) is 19.9 Å². The van der Waals surface area contributed by atoms with Crippen LogP contribution in [0.1, 0.15) is 38.2 Å². The van der Waals surface area contributed by atoms with E-state index in [0.29, 0.717) is 12.0 Å². The van der Waals surface area contributed by atoms with Crippen molar-refractivity contribution in [3.63, 3.8) is 0 Å². The van der Waals surface area contributed by atoms with Crippen molar-refractivity contribution in [1.82, 2.24) is 19.7 Å². The lowest BCUT2D eigenvalue weighted by Crippen LogP contribution is -2.35. The molecule has 1 aliphatic rings. The molecular formula is C20H25N5. The van der Waals surface area contributed by atoms with Gasteiger partial charge in [0, 0.05) is 12.2 Å². The summed E-state index contributed by atoms with van der Waals surface area (Å²) in [7, 11) is 0. The van der Waals surface area contributed by atoms with Gasteiger partial charge in [0.2, 0.25) is 0 Å². The second-order valence-electron chi connectivity index (χ2n) is 7.06. The number of fused-ring (bicyclic) bond motifs is 1. The Kier molecular flexibility index (Phi) is 4.40. The zero-order valence-electron chi connectivity index (χ0n) is 14.9. The zero-order valence-corrected chi connectivity index (χ0v) is 14.9. The lowest BCUT2D eigenvalue weighted by Gasteiger charge is -2.24. The molecule has 25 heavy (non-hydrogen) atoms. The van der Waals surface area contributed by atoms with E-state index >= 15 is 0 Å². The summed E-state index contributed by atoms with van der Waals surface area (Å²) in [6.07, 6.45) is 6.29. The van der Waals surface area contributed by atoms with E-state index in [1.165, 1.54) is 5.56 Å². The number of hydrogen-bond acceptors (Lipinski definition) is 4. The molecule has 130 valence electrons. The highest BCUT2D eigenvalue weighted by Gasteiger charge is 2.14. The van der Waals surface area contributed by atoms with Gasteiger partial charge in [-0.2, -0.15) is 0 Å². The van der Waals surface area contributed by atoms with Crippen LogP contribution in [0.3, 0.4) is 0 Å². The predicted molar refractivity (Wildman–Crippen MR) is 102 cm³/mol. The molecule has 4 heterocycles. The fraction of sp³-hybridized carbons (Fsp3) is 0.400. The molecule has 0 aliphatic carbocycles. The summed E-state index contributed by atoms with van der Waals surface area (Å²) < 4.78 is 2.11. The van der Waals surface area contributed by atoms with Gasteiger partial charge in [0.1, 0.15) is 11.5 Å². The molecule has 0 unspecified atom stereocenters. The summed E-state index contributed by atoms with van der Waals surface area (Å²) in [6, 6.07) is 11.0. The monoisotopic (exact) mass is 335 g/mol. The Morgan fingerprint density at radius 3 is 2.84 bits per heavy atom. The molecule has 5 nitrogen and oxygen atoms in total. The van der Waals surface area contributed by atoms with Gasteiger partial charge >= 0.3 is 0 Å². The molecule has 1 saturated heterocycles. The second kappa shape index (κ2) is 6.84. The fourth-order valence-electron chi connectivity index (χ4n) is 3.38. The summed E-state index contributed by atoms with van der Waals surface area (Å²) in [5.41, 5.74) is 4.25. The lowest BCUT2D eigenvalue weighted by atomic mass is 10.1. The van der Waals surface area contributed by atoms with E-state index < -0.39 is 0 Å². The largest absolute Gasteiger partial charge is 0.367 e. The third-order valence-corrected chi connectivity index (χ3v) is 4.91. The Bertz CT molecular complexity index is 861. The highest BCUT2D eigenvalue weighted by molar-refractivity contribution is 5.62. The van der Waals surface area contributed by atoms with Crippen LogP contribution in [-0.4, -0.2) is 33.5 Å². The highest BCUT2D eigenvalue weighted by Crippen LogP contribution is 2.23. The molecule has 0 spiro atoms. The SMILES string of the molecule is CC(C)c1ccn2c(-c3cccc(NC4CCNCC4)n3)cnc2c1. The molecule has 3 aromatic heterocycles.